The van der Waals surface area contributed by atoms with Crippen LogP contribution >= 0.6 is 0 Å². The number of hydrogen-bond donors (Lipinski definition) is 0. The Morgan fingerprint density at radius 2 is 1.92 bits per heavy atom. The summed E-state index contributed by atoms with van der Waals surface area (Å²) in [6, 6.07) is 11.4. The number of nitrogens with zero attached hydrogens (tertiary/aromatic N) is 1. The Balaban J connectivity index is 1.73. The van der Waals surface area contributed by atoms with Crippen LogP contribution in [0.3, 0.4) is 0 Å². The molecule has 3 heteroatoms. The molecular formula is C21H31NO2. The van der Waals surface area contributed by atoms with Gasteiger partial charge in [0, 0.05) is 44.3 Å². The number of hydrogen-bond acceptors (Lipinski definition) is 3. The van der Waals surface area contributed by atoms with Gasteiger partial charge in [-0.2, -0.15) is 0 Å². The lowest BCUT2D eigenvalue weighted by molar-refractivity contribution is -0.186. The van der Waals surface area contributed by atoms with Crippen LogP contribution in [0.5, 0.6) is 0 Å². The maximum Gasteiger partial charge on any atom is 0.303 e. The van der Waals surface area contributed by atoms with Crippen LogP contribution in [0, 0.1) is 5.41 Å². The summed E-state index contributed by atoms with van der Waals surface area (Å²) in [6.45, 7) is 10.3. The second kappa shape index (κ2) is 6.51. The van der Waals surface area contributed by atoms with Gasteiger partial charge in [0.25, 0.3) is 0 Å². The normalized spacial score (nSPS) is 31.3. The topological polar surface area (TPSA) is 29.5 Å². The second-order valence-corrected chi connectivity index (χ2v) is 8.63. The zero-order valence-electron chi connectivity index (χ0n) is 15.5. The average molecular weight is 329 g/mol. The van der Waals surface area contributed by atoms with Crippen molar-refractivity contribution < 1.29 is 9.53 Å². The molecule has 2 aliphatic heterocycles. The number of carbonyl (C=O) groups excluding carboxylic acids is 1. The summed E-state index contributed by atoms with van der Waals surface area (Å²) in [5.41, 5.74) is 1.12. The van der Waals surface area contributed by atoms with Gasteiger partial charge in [-0.25, -0.2) is 0 Å². The van der Waals surface area contributed by atoms with E-state index >= 15 is 0 Å². The Bertz CT molecular complexity index is 577. The van der Waals surface area contributed by atoms with Crippen LogP contribution in [0.1, 0.15) is 64.9 Å². The maximum absolute atomic E-state index is 11.7. The highest BCUT2D eigenvalue weighted by Gasteiger charge is 2.51. The van der Waals surface area contributed by atoms with Crippen molar-refractivity contribution >= 4 is 5.97 Å². The Morgan fingerprint density at radius 1 is 1.21 bits per heavy atom. The van der Waals surface area contributed by atoms with Gasteiger partial charge in [0.2, 0.25) is 0 Å². The molecule has 0 amide bonds. The van der Waals surface area contributed by atoms with Gasteiger partial charge in [-0.1, -0.05) is 51.1 Å². The molecule has 2 aliphatic rings. The van der Waals surface area contributed by atoms with E-state index in [-0.39, 0.29) is 17.0 Å². The summed E-state index contributed by atoms with van der Waals surface area (Å²) in [7, 11) is 0. The first kappa shape index (κ1) is 17.5. The summed E-state index contributed by atoms with van der Waals surface area (Å²) in [4.78, 5) is 14.4. The third-order valence-electron chi connectivity index (χ3n) is 6.16. The molecule has 0 saturated carbocycles. The zero-order chi connectivity index (χ0) is 17.4. The fourth-order valence-electron chi connectivity index (χ4n) is 4.61. The summed E-state index contributed by atoms with van der Waals surface area (Å²) in [5.74, 6) is 0.495. The molecule has 132 valence electrons. The lowest BCUT2D eigenvalue weighted by atomic mass is 9.67. The standard InChI is InChI=1S/C21H31NO2/c1-16(23)24-21(20(2,3)4)12-13-22-15-18(10-11-19(22)14-21)17-8-6-5-7-9-17/h5-9,18-19H,10-15H2,1-4H3/t18-,19+,21-/m0/s1. The molecule has 0 N–H and O–H groups in total. The van der Waals surface area contributed by atoms with E-state index in [1.54, 1.807) is 6.92 Å². The smallest absolute Gasteiger partial charge is 0.303 e. The number of esters is 1. The van der Waals surface area contributed by atoms with Gasteiger partial charge in [0.05, 0.1) is 0 Å². The Kier molecular flexibility index (Phi) is 4.74. The highest BCUT2D eigenvalue weighted by atomic mass is 16.6. The SMILES string of the molecule is CC(=O)O[C@@]1(C(C)(C)C)CCN2C[C@@H](c3ccccc3)CC[C@@H]2C1. The quantitative estimate of drug-likeness (QED) is 0.754. The Labute approximate surface area is 146 Å². The molecule has 0 unspecified atom stereocenters. The van der Waals surface area contributed by atoms with Gasteiger partial charge in [-0.05, 0) is 24.3 Å². The molecule has 2 saturated heterocycles. The number of rotatable bonds is 2. The maximum atomic E-state index is 11.7. The molecule has 0 radical (unpaired) electrons. The molecule has 1 aromatic carbocycles. The van der Waals surface area contributed by atoms with E-state index in [1.807, 2.05) is 0 Å². The molecule has 3 atom stereocenters. The summed E-state index contributed by atoms with van der Waals surface area (Å²) in [6.07, 6.45) is 4.33. The van der Waals surface area contributed by atoms with E-state index in [4.69, 9.17) is 4.74 Å². The van der Waals surface area contributed by atoms with Gasteiger partial charge in [0.1, 0.15) is 5.60 Å². The number of benzene rings is 1. The average Bonchev–Trinajstić information content (AvgIpc) is 2.53. The van der Waals surface area contributed by atoms with Gasteiger partial charge in [-0.15, -0.1) is 0 Å². The minimum absolute atomic E-state index is 0.0267. The van der Waals surface area contributed by atoms with E-state index in [0.717, 1.165) is 25.9 Å². The van der Waals surface area contributed by atoms with Crippen molar-refractivity contribution in [3.63, 3.8) is 0 Å². The van der Waals surface area contributed by atoms with Gasteiger partial charge >= 0.3 is 5.97 Å². The molecule has 24 heavy (non-hydrogen) atoms. The number of ether oxygens (including phenoxy) is 1. The van der Waals surface area contributed by atoms with Crippen LogP contribution in [0.2, 0.25) is 0 Å². The minimum atomic E-state index is -0.320. The first-order chi connectivity index (χ1) is 11.3. The van der Waals surface area contributed by atoms with Crippen molar-refractivity contribution in [3.05, 3.63) is 35.9 Å². The number of carbonyl (C=O) groups is 1. The summed E-state index contributed by atoms with van der Waals surface area (Å²) < 4.78 is 5.94. The molecule has 3 nitrogen and oxygen atoms in total. The predicted octanol–water partition coefficient (Wildman–Crippen LogP) is 4.38. The van der Waals surface area contributed by atoms with Crippen molar-refractivity contribution in [2.75, 3.05) is 13.1 Å². The lowest BCUT2D eigenvalue weighted by Gasteiger charge is -2.54. The highest BCUT2D eigenvalue weighted by Crippen LogP contribution is 2.47. The first-order valence-corrected chi connectivity index (χ1v) is 9.29. The fraction of sp³-hybridized carbons (Fsp3) is 0.667. The van der Waals surface area contributed by atoms with Crippen LogP contribution in [0.4, 0.5) is 0 Å². The van der Waals surface area contributed by atoms with Crippen LogP contribution < -0.4 is 0 Å². The molecule has 0 aromatic heterocycles. The third-order valence-corrected chi connectivity index (χ3v) is 6.16. The van der Waals surface area contributed by atoms with Crippen LogP contribution in [0.15, 0.2) is 30.3 Å². The molecule has 2 heterocycles. The van der Waals surface area contributed by atoms with Crippen LogP contribution in [-0.2, 0) is 9.53 Å². The van der Waals surface area contributed by atoms with Crippen LogP contribution in [0.25, 0.3) is 0 Å². The number of fused-ring (bicyclic) bond motifs is 1. The van der Waals surface area contributed by atoms with E-state index in [0.29, 0.717) is 12.0 Å². The van der Waals surface area contributed by atoms with Crippen molar-refractivity contribution in [1.29, 1.82) is 0 Å². The largest absolute Gasteiger partial charge is 0.459 e. The molecule has 0 spiro atoms. The van der Waals surface area contributed by atoms with E-state index in [2.05, 4.69) is 56.0 Å². The number of piperidine rings is 2. The van der Waals surface area contributed by atoms with Gasteiger partial charge in [0.15, 0.2) is 0 Å². The molecular weight excluding hydrogens is 298 g/mol. The van der Waals surface area contributed by atoms with Gasteiger partial charge in [-0.3, -0.25) is 9.69 Å². The zero-order valence-corrected chi connectivity index (χ0v) is 15.5. The molecule has 3 rings (SSSR count). The van der Waals surface area contributed by atoms with Crippen molar-refractivity contribution in [2.24, 2.45) is 5.41 Å². The molecule has 0 bridgehead atoms. The van der Waals surface area contributed by atoms with Crippen molar-refractivity contribution in [2.45, 2.75) is 70.9 Å². The summed E-state index contributed by atoms with van der Waals surface area (Å²) in [5, 5.41) is 0. The van der Waals surface area contributed by atoms with Crippen LogP contribution in [-0.4, -0.2) is 35.6 Å². The van der Waals surface area contributed by atoms with E-state index in [9.17, 15) is 4.79 Å². The van der Waals surface area contributed by atoms with Crippen molar-refractivity contribution in [3.8, 4) is 0 Å². The Morgan fingerprint density at radius 3 is 2.54 bits per heavy atom. The van der Waals surface area contributed by atoms with Gasteiger partial charge < -0.3 is 4.74 Å². The van der Waals surface area contributed by atoms with E-state index < -0.39 is 0 Å². The molecule has 2 fully saturated rings. The predicted molar refractivity (Wildman–Crippen MR) is 97.0 cm³/mol. The van der Waals surface area contributed by atoms with Crippen molar-refractivity contribution in [1.82, 2.24) is 4.90 Å². The third kappa shape index (κ3) is 3.37. The highest BCUT2D eigenvalue weighted by molar-refractivity contribution is 5.66. The Hall–Kier alpha value is -1.35. The summed E-state index contributed by atoms with van der Waals surface area (Å²) >= 11 is 0. The second-order valence-electron chi connectivity index (χ2n) is 8.63. The fourth-order valence-corrected chi connectivity index (χ4v) is 4.61. The molecule has 1 aromatic rings. The lowest BCUT2D eigenvalue weighted by Crippen LogP contribution is -2.59. The molecule has 0 aliphatic carbocycles. The monoisotopic (exact) mass is 329 g/mol. The van der Waals surface area contributed by atoms with E-state index in [1.165, 1.54) is 18.4 Å². The minimum Gasteiger partial charge on any atom is -0.459 e. The first-order valence-electron chi connectivity index (χ1n) is 9.29.